The number of ether oxygens (including phenoxy) is 1. The van der Waals surface area contributed by atoms with Crippen molar-refractivity contribution in [3.8, 4) is 0 Å². The number of rotatable bonds is 4. The second-order valence-corrected chi connectivity index (χ2v) is 6.82. The number of nitrogens with zero attached hydrogens (tertiary/aromatic N) is 6. The molecule has 8 heteroatoms. The van der Waals surface area contributed by atoms with Gasteiger partial charge in [-0.05, 0) is 38.2 Å². The highest BCUT2D eigenvalue weighted by atomic mass is 16.5. The van der Waals surface area contributed by atoms with Gasteiger partial charge in [-0.2, -0.15) is 0 Å². The van der Waals surface area contributed by atoms with Gasteiger partial charge in [0.1, 0.15) is 0 Å². The molecule has 0 amide bonds. The molecule has 0 aromatic carbocycles. The second kappa shape index (κ2) is 7.85. The molecule has 27 heavy (non-hydrogen) atoms. The summed E-state index contributed by atoms with van der Waals surface area (Å²) in [6.45, 7) is 5.34. The van der Waals surface area contributed by atoms with Crippen LogP contribution >= 0.6 is 0 Å². The summed E-state index contributed by atoms with van der Waals surface area (Å²) >= 11 is 0. The van der Waals surface area contributed by atoms with E-state index in [0.717, 1.165) is 45.0 Å². The van der Waals surface area contributed by atoms with E-state index in [1.54, 1.807) is 6.92 Å². The van der Waals surface area contributed by atoms with Crippen LogP contribution in [0, 0.1) is 0 Å². The van der Waals surface area contributed by atoms with E-state index in [9.17, 15) is 4.79 Å². The molecule has 0 saturated carbocycles. The molecule has 3 heterocycles. The number of carbonyl (C=O) groups excluding carboxylic acids is 1. The summed E-state index contributed by atoms with van der Waals surface area (Å²) < 4.78 is 4.96. The van der Waals surface area contributed by atoms with Gasteiger partial charge in [0.05, 0.1) is 12.2 Å². The van der Waals surface area contributed by atoms with Crippen LogP contribution in [-0.4, -0.2) is 58.7 Å². The molecule has 0 spiro atoms. The standard InChI is InChI=1S/C19H24N6O2/c1-2-27-17(26)15-12-20-18(21-13-15)24-7-9-25(10-8-24)19-22-11-14-5-3-4-6-16(14)23-19/h11-13H,2-10H2,1H3. The summed E-state index contributed by atoms with van der Waals surface area (Å²) in [6.07, 6.45) is 9.67. The molecule has 0 radical (unpaired) electrons. The topological polar surface area (TPSA) is 84.3 Å². The Bertz CT molecular complexity index is 802. The fourth-order valence-corrected chi connectivity index (χ4v) is 3.53. The molecule has 4 rings (SSSR count). The number of esters is 1. The van der Waals surface area contributed by atoms with Gasteiger partial charge < -0.3 is 14.5 Å². The van der Waals surface area contributed by atoms with E-state index < -0.39 is 5.97 Å². The van der Waals surface area contributed by atoms with Crippen LogP contribution in [0.2, 0.25) is 0 Å². The third-order valence-electron chi connectivity index (χ3n) is 5.05. The van der Waals surface area contributed by atoms with Crippen molar-refractivity contribution in [2.45, 2.75) is 32.6 Å². The SMILES string of the molecule is CCOC(=O)c1cnc(N2CCN(c3ncc4c(n3)CCCC4)CC2)nc1. The van der Waals surface area contributed by atoms with Crippen molar-refractivity contribution in [2.75, 3.05) is 42.6 Å². The maximum Gasteiger partial charge on any atom is 0.341 e. The lowest BCUT2D eigenvalue weighted by atomic mass is 9.98. The first-order valence-electron chi connectivity index (χ1n) is 9.58. The highest BCUT2D eigenvalue weighted by molar-refractivity contribution is 5.88. The van der Waals surface area contributed by atoms with Gasteiger partial charge >= 0.3 is 5.97 Å². The predicted molar refractivity (Wildman–Crippen MR) is 101 cm³/mol. The number of aromatic nitrogens is 4. The van der Waals surface area contributed by atoms with E-state index >= 15 is 0 Å². The van der Waals surface area contributed by atoms with E-state index in [0.29, 0.717) is 18.1 Å². The van der Waals surface area contributed by atoms with Gasteiger partial charge in [0.25, 0.3) is 0 Å². The molecule has 1 aliphatic carbocycles. The summed E-state index contributed by atoms with van der Waals surface area (Å²) in [7, 11) is 0. The number of hydrogen-bond donors (Lipinski definition) is 0. The molecular weight excluding hydrogens is 344 g/mol. The molecule has 2 aromatic heterocycles. The Kier molecular flexibility index (Phi) is 5.13. The van der Waals surface area contributed by atoms with Gasteiger partial charge in [-0.3, -0.25) is 0 Å². The fraction of sp³-hybridized carbons (Fsp3) is 0.526. The molecular formula is C19H24N6O2. The highest BCUT2D eigenvalue weighted by Crippen LogP contribution is 2.22. The number of aryl methyl sites for hydroxylation is 2. The summed E-state index contributed by atoms with van der Waals surface area (Å²) in [5, 5.41) is 0. The van der Waals surface area contributed by atoms with Crippen LogP contribution in [0.25, 0.3) is 0 Å². The molecule has 8 nitrogen and oxygen atoms in total. The first kappa shape index (κ1) is 17.6. The molecule has 2 aliphatic rings. The van der Waals surface area contributed by atoms with Crippen molar-refractivity contribution in [3.63, 3.8) is 0 Å². The van der Waals surface area contributed by atoms with Crippen LogP contribution in [-0.2, 0) is 17.6 Å². The number of fused-ring (bicyclic) bond motifs is 1. The van der Waals surface area contributed by atoms with Gasteiger partial charge in [-0.15, -0.1) is 0 Å². The molecule has 2 aromatic rings. The van der Waals surface area contributed by atoms with Crippen molar-refractivity contribution in [1.82, 2.24) is 19.9 Å². The fourth-order valence-electron chi connectivity index (χ4n) is 3.53. The minimum absolute atomic E-state index is 0.341. The van der Waals surface area contributed by atoms with Crippen molar-refractivity contribution in [2.24, 2.45) is 0 Å². The van der Waals surface area contributed by atoms with Gasteiger partial charge in [-0.25, -0.2) is 24.7 Å². The minimum atomic E-state index is -0.390. The van der Waals surface area contributed by atoms with Crippen molar-refractivity contribution >= 4 is 17.9 Å². The molecule has 1 saturated heterocycles. The lowest BCUT2D eigenvalue weighted by molar-refractivity contribution is 0.0525. The highest BCUT2D eigenvalue weighted by Gasteiger charge is 2.22. The van der Waals surface area contributed by atoms with Crippen LogP contribution in [0.1, 0.15) is 41.4 Å². The number of anilines is 2. The van der Waals surface area contributed by atoms with E-state index in [4.69, 9.17) is 9.72 Å². The van der Waals surface area contributed by atoms with Crippen molar-refractivity contribution in [1.29, 1.82) is 0 Å². The van der Waals surface area contributed by atoms with Gasteiger partial charge in [0, 0.05) is 50.5 Å². The summed E-state index contributed by atoms with van der Waals surface area (Å²) in [6, 6.07) is 0. The first-order chi connectivity index (χ1) is 13.2. The average molecular weight is 368 g/mol. The lowest BCUT2D eigenvalue weighted by Gasteiger charge is -2.35. The van der Waals surface area contributed by atoms with Crippen LogP contribution in [0.15, 0.2) is 18.6 Å². The van der Waals surface area contributed by atoms with Gasteiger partial charge in [-0.1, -0.05) is 0 Å². The molecule has 0 atom stereocenters. The van der Waals surface area contributed by atoms with Crippen molar-refractivity contribution < 1.29 is 9.53 Å². The van der Waals surface area contributed by atoms with E-state index in [2.05, 4.69) is 24.8 Å². The maximum absolute atomic E-state index is 11.7. The van der Waals surface area contributed by atoms with E-state index in [-0.39, 0.29) is 0 Å². The van der Waals surface area contributed by atoms with Crippen LogP contribution in [0.4, 0.5) is 11.9 Å². The molecule has 0 N–H and O–H groups in total. The third-order valence-corrected chi connectivity index (χ3v) is 5.05. The largest absolute Gasteiger partial charge is 0.462 e. The van der Waals surface area contributed by atoms with E-state index in [1.165, 1.54) is 36.5 Å². The number of hydrogen-bond acceptors (Lipinski definition) is 8. The summed E-state index contributed by atoms with van der Waals surface area (Å²) in [5.41, 5.74) is 2.90. The predicted octanol–water partition coefficient (Wildman–Crippen LogP) is 1.65. The number of piperazine rings is 1. The first-order valence-corrected chi connectivity index (χ1v) is 9.58. The maximum atomic E-state index is 11.7. The third kappa shape index (κ3) is 3.84. The van der Waals surface area contributed by atoms with Gasteiger partial charge in [0.2, 0.25) is 11.9 Å². The number of carbonyl (C=O) groups is 1. The molecule has 1 aliphatic heterocycles. The summed E-state index contributed by atoms with van der Waals surface area (Å²) in [4.78, 5) is 34.1. The molecule has 0 unspecified atom stereocenters. The normalized spacial score (nSPS) is 16.8. The zero-order valence-electron chi connectivity index (χ0n) is 15.6. The Labute approximate surface area is 158 Å². The average Bonchev–Trinajstić information content (AvgIpc) is 2.74. The Morgan fingerprint density at radius 2 is 1.59 bits per heavy atom. The van der Waals surface area contributed by atoms with Crippen molar-refractivity contribution in [3.05, 3.63) is 35.4 Å². The van der Waals surface area contributed by atoms with Crippen LogP contribution < -0.4 is 9.80 Å². The monoisotopic (exact) mass is 368 g/mol. The molecule has 142 valence electrons. The zero-order valence-corrected chi connectivity index (χ0v) is 15.6. The Morgan fingerprint density at radius 3 is 2.30 bits per heavy atom. The van der Waals surface area contributed by atoms with Crippen LogP contribution in [0.5, 0.6) is 0 Å². The minimum Gasteiger partial charge on any atom is -0.462 e. The van der Waals surface area contributed by atoms with Gasteiger partial charge in [0.15, 0.2) is 0 Å². The second-order valence-electron chi connectivity index (χ2n) is 6.82. The Balaban J connectivity index is 1.38. The molecule has 1 fully saturated rings. The Morgan fingerprint density at radius 1 is 0.963 bits per heavy atom. The van der Waals surface area contributed by atoms with E-state index in [1.807, 2.05) is 6.20 Å². The Hall–Kier alpha value is -2.77. The zero-order chi connectivity index (χ0) is 18.6. The summed E-state index contributed by atoms with van der Waals surface area (Å²) in [5.74, 6) is 1.07. The quantitative estimate of drug-likeness (QED) is 0.753. The molecule has 0 bridgehead atoms. The lowest BCUT2D eigenvalue weighted by Crippen LogP contribution is -2.47. The van der Waals surface area contributed by atoms with Crippen LogP contribution in [0.3, 0.4) is 0 Å². The smallest absolute Gasteiger partial charge is 0.341 e.